The Hall–Kier alpha value is -1.56. The van der Waals surface area contributed by atoms with Crippen LogP contribution in [0.25, 0.3) is 0 Å². The quantitative estimate of drug-likeness (QED) is 0.921. The first-order valence-corrected chi connectivity index (χ1v) is 8.22. The second-order valence-corrected chi connectivity index (χ2v) is 6.34. The normalized spacial score (nSPS) is 14.3. The fraction of sp³-hybridized carbons (Fsp3) is 0.600. The number of carbonyl (C=O) groups is 2. The second kappa shape index (κ2) is 6.93. The van der Waals surface area contributed by atoms with Gasteiger partial charge in [-0.1, -0.05) is 0 Å². The van der Waals surface area contributed by atoms with Crippen molar-refractivity contribution in [2.24, 2.45) is 0 Å². The smallest absolute Gasteiger partial charge is 0.264 e. The predicted octanol–water partition coefficient (Wildman–Crippen LogP) is 1.73. The molecule has 2 rings (SSSR count). The van der Waals surface area contributed by atoms with Gasteiger partial charge in [0.1, 0.15) is 0 Å². The largest absolute Gasteiger partial charge is 0.363 e. The number of nitrogens with one attached hydrogen (secondary N) is 1. The fourth-order valence-corrected chi connectivity index (χ4v) is 3.84. The van der Waals surface area contributed by atoms with E-state index < -0.39 is 0 Å². The van der Waals surface area contributed by atoms with Crippen LogP contribution < -0.4 is 10.2 Å². The molecular weight excluding hydrogens is 286 g/mol. The van der Waals surface area contributed by atoms with E-state index in [1.807, 2.05) is 6.07 Å². The van der Waals surface area contributed by atoms with Crippen molar-refractivity contribution in [3.8, 4) is 0 Å². The molecule has 1 aliphatic rings. The number of hydrogen-bond acceptors (Lipinski definition) is 4. The van der Waals surface area contributed by atoms with Gasteiger partial charge in [0, 0.05) is 27.2 Å². The average Bonchev–Trinajstić information content (AvgIpc) is 2.81. The summed E-state index contributed by atoms with van der Waals surface area (Å²) in [5.74, 6) is -0.230. The minimum Gasteiger partial charge on any atom is -0.363 e. The molecular formula is C15H23N3O2S. The van der Waals surface area contributed by atoms with Crippen LogP contribution in [0.4, 0.5) is 5.00 Å². The summed E-state index contributed by atoms with van der Waals surface area (Å²) in [7, 11) is 3.24. The molecule has 0 spiro atoms. The maximum atomic E-state index is 12.4. The lowest BCUT2D eigenvalue weighted by Gasteiger charge is -2.20. The fourth-order valence-electron chi connectivity index (χ4n) is 2.55. The molecule has 116 valence electrons. The summed E-state index contributed by atoms with van der Waals surface area (Å²) < 4.78 is 0. The third-order valence-electron chi connectivity index (χ3n) is 3.80. The van der Waals surface area contributed by atoms with Crippen molar-refractivity contribution in [2.45, 2.75) is 26.2 Å². The molecule has 2 heterocycles. The molecule has 1 aromatic heterocycles. The van der Waals surface area contributed by atoms with Crippen LogP contribution in [0.3, 0.4) is 0 Å². The third kappa shape index (κ3) is 3.56. The van der Waals surface area contributed by atoms with Crippen LogP contribution in [0.5, 0.6) is 0 Å². The van der Waals surface area contributed by atoms with E-state index in [0.29, 0.717) is 0 Å². The van der Waals surface area contributed by atoms with Crippen LogP contribution in [0.2, 0.25) is 0 Å². The number of carbonyl (C=O) groups excluding carboxylic acids is 2. The zero-order chi connectivity index (χ0) is 15.4. The molecule has 0 aromatic carbocycles. The van der Waals surface area contributed by atoms with Gasteiger partial charge < -0.3 is 15.1 Å². The molecule has 2 amide bonds. The highest BCUT2D eigenvalue weighted by atomic mass is 32.1. The molecule has 5 nitrogen and oxygen atoms in total. The molecule has 0 bridgehead atoms. The number of hydrogen-bond donors (Lipinski definition) is 1. The van der Waals surface area contributed by atoms with Gasteiger partial charge in [0.15, 0.2) is 0 Å². The van der Waals surface area contributed by atoms with Gasteiger partial charge in [-0.05, 0) is 37.8 Å². The van der Waals surface area contributed by atoms with Crippen molar-refractivity contribution in [2.75, 3.05) is 38.6 Å². The number of fused-ring (bicyclic) bond motifs is 1. The monoisotopic (exact) mass is 309 g/mol. The first kappa shape index (κ1) is 15.8. The Kier molecular flexibility index (Phi) is 5.22. The average molecular weight is 309 g/mol. The first-order valence-electron chi connectivity index (χ1n) is 7.40. The van der Waals surface area contributed by atoms with Gasteiger partial charge in [0.2, 0.25) is 5.91 Å². The zero-order valence-electron chi connectivity index (χ0n) is 12.9. The first-order chi connectivity index (χ1) is 10.1. The van der Waals surface area contributed by atoms with Gasteiger partial charge in [-0.2, -0.15) is 0 Å². The molecule has 0 atom stereocenters. The van der Waals surface area contributed by atoms with E-state index in [1.165, 1.54) is 28.3 Å². The Morgan fingerprint density at radius 1 is 1.43 bits per heavy atom. The van der Waals surface area contributed by atoms with Crippen LogP contribution in [0.1, 0.15) is 35.0 Å². The van der Waals surface area contributed by atoms with Gasteiger partial charge in [0.25, 0.3) is 5.91 Å². The molecule has 0 fully saturated rings. The summed E-state index contributed by atoms with van der Waals surface area (Å²) >= 11 is 1.56. The van der Waals surface area contributed by atoms with Crippen LogP contribution in [-0.2, 0) is 11.2 Å². The van der Waals surface area contributed by atoms with Gasteiger partial charge in [-0.3, -0.25) is 9.59 Å². The Bertz CT molecular complexity index is 527. The van der Waals surface area contributed by atoms with Crippen LogP contribution in [0.15, 0.2) is 6.07 Å². The number of rotatable bonds is 4. The van der Waals surface area contributed by atoms with Gasteiger partial charge in [0.05, 0.1) is 16.4 Å². The maximum absolute atomic E-state index is 12.4. The molecule has 6 heteroatoms. The highest BCUT2D eigenvalue weighted by molar-refractivity contribution is 7.18. The lowest BCUT2D eigenvalue weighted by Crippen LogP contribution is -2.36. The van der Waals surface area contributed by atoms with Gasteiger partial charge in [-0.25, -0.2) is 0 Å². The van der Waals surface area contributed by atoms with Gasteiger partial charge in [-0.15, -0.1) is 11.3 Å². The number of aryl methyl sites for hydroxylation is 1. The zero-order valence-corrected chi connectivity index (χ0v) is 13.8. The lowest BCUT2D eigenvalue weighted by atomic mass is 10.1. The van der Waals surface area contributed by atoms with E-state index in [-0.39, 0.29) is 18.4 Å². The van der Waals surface area contributed by atoms with E-state index in [1.54, 1.807) is 25.4 Å². The minimum atomic E-state index is -0.154. The van der Waals surface area contributed by atoms with E-state index in [2.05, 4.69) is 17.1 Å². The molecule has 1 aromatic rings. The maximum Gasteiger partial charge on any atom is 0.264 e. The Labute approximate surface area is 129 Å². The SMILES string of the molecule is CCN1CCCCc2cc(C(=O)N(C)CC(=O)NC)sc21. The minimum absolute atomic E-state index is 0.0762. The van der Waals surface area contributed by atoms with E-state index in [0.717, 1.165) is 24.4 Å². The van der Waals surface area contributed by atoms with Crippen LogP contribution in [-0.4, -0.2) is 50.4 Å². The van der Waals surface area contributed by atoms with Crippen molar-refractivity contribution in [3.05, 3.63) is 16.5 Å². The van der Waals surface area contributed by atoms with Crippen LogP contribution >= 0.6 is 11.3 Å². The highest BCUT2D eigenvalue weighted by Gasteiger charge is 2.22. The molecule has 0 radical (unpaired) electrons. The van der Waals surface area contributed by atoms with E-state index >= 15 is 0 Å². The van der Waals surface area contributed by atoms with E-state index in [4.69, 9.17) is 0 Å². The molecule has 21 heavy (non-hydrogen) atoms. The highest BCUT2D eigenvalue weighted by Crippen LogP contribution is 2.35. The van der Waals surface area contributed by atoms with Crippen molar-refractivity contribution >= 4 is 28.2 Å². The van der Waals surface area contributed by atoms with Crippen molar-refractivity contribution in [3.63, 3.8) is 0 Å². The molecule has 1 aliphatic heterocycles. The number of amides is 2. The number of thiophene rings is 1. The van der Waals surface area contributed by atoms with Crippen molar-refractivity contribution in [1.82, 2.24) is 10.2 Å². The predicted molar refractivity (Wildman–Crippen MR) is 86.2 cm³/mol. The third-order valence-corrected chi connectivity index (χ3v) is 5.02. The standard InChI is InChI=1S/C15H23N3O2S/c1-4-18-8-6-5-7-11-9-12(21-15(11)18)14(20)17(3)10-13(19)16-2/h9H,4-8,10H2,1-3H3,(H,16,19). The molecule has 0 unspecified atom stereocenters. The molecule has 0 saturated heterocycles. The number of likely N-dealkylation sites (N-methyl/N-ethyl adjacent to an activating group) is 2. The Balaban J connectivity index is 2.18. The van der Waals surface area contributed by atoms with Crippen molar-refractivity contribution in [1.29, 1.82) is 0 Å². The topological polar surface area (TPSA) is 52.7 Å². The Morgan fingerprint density at radius 2 is 2.19 bits per heavy atom. The summed E-state index contributed by atoms with van der Waals surface area (Å²) in [6.07, 6.45) is 3.41. The molecule has 0 saturated carbocycles. The molecule has 1 N–H and O–H groups in total. The van der Waals surface area contributed by atoms with Gasteiger partial charge >= 0.3 is 0 Å². The second-order valence-electron chi connectivity index (χ2n) is 5.31. The van der Waals surface area contributed by atoms with E-state index in [9.17, 15) is 9.59 Å². The Morgan fingerprint density at radius 3 is 2.86 bits per heavy atom. The molecule has 0 aliphatic carbocycles. The van der Waals surface area contributed by atoms with Crippen LogP contribution in [0, 0.1) is 0 Å². The summed E-state index contributed by atoms with van der Waals surface area (Å²) in [5, 5.41) is 3.77. The summed E-state index contributed by atoms with van der Waals surface area (Å²) in [5.41, 5.74) is 1.27. The number of anilines is 1. The summed E-state index contributed by atoms with van der Waals surface area (Å²) in [6.45, 7) is 4.27. The summed E-state index contributed by atoms with van der Waals surface area (Å²) in [4.78, 5) is 28.4. The number of nitrogens with zero attached hydrogens (tertiary/aromatic N) is 2. The lowest BCUT2D eigenvalue weighted by molar-refractivity contribution is -0.121. The summed E-state index contributed by atoms with van der Waals surface area (Å²) in [6, 6.07) is 2.01. The van der Waals surface area contributed by atoms with Crippen molar-refractivity contribution < 1.29 is 9.59 Å².